The monoisotopic (exact) mass is 282 g/mol. The molecule has 0 spiro atoms. The van der Waals surface area contributed by atoms with Gasteiger partial charge in [0.15, 0.2) is 11.5 Å². The third-order valence-corrected chi connectivity index (χ3v) is 3.01. The molecule has 1 rings (SSSR count). The summed E-state index contributed by atoms with van der Waals surface area (Å²) in [6.45, 7) is 5.83. The first-order valence-electron chi connectivity index (χ1n) is 6.97. The lowest BCUT2D eigenvalue weighted by atomic mass is 10.1. The fraction of sp³-hybridized carbons (Fsp3) is 0.600. The van der Waals surface area contributed by atoms with Crippen LogP contribution in [-0.4, -0.2) is 41.0 Å². The van der Waals surface area contributed by atoms with E-state index >= 15 is 0 Å². The van der Waals surface area contributed by atoms with E-state index in [1.54, 1.807) is 21.3 Å². The molecule has 0 radical (unpaired) electrons. The Balaban J connectivity index is 2.61. The van der Waals surface area contributed by atoms with Crippen molar-refractivity contribution in [2.24, 2.45) is 0 Å². The number of hydrogen-bond donors (Lipinski definition) is 2. The zero-order valence-electron chi connectivity index (χ0n) is 12.9. The highest BCUT2D eigenvalue weighted by Gasteiger charge is 2.15. The van der Waals surface area contributed by atoms with Crippen LogP contribution in [0.3, 0.4) is 0 Å². The summed E-state index contributed by atoms with van der Waals surface area (Å²) in [5.74, 6) is 2.04. The first-order valence-corrected chi connectivity index (χ1v) is 6.97. The van der Waals surface area contributed by atoms with E-state index in [4.69, 9.17) is 14.2 Å². The van der Waals surface area contributed by atoms with E-state index in [2.05, 4.69) is 17.6 Å². The lowest BCUT2D eigenvalue weighted by Crippen LogP contribution is -2.27. The maximum Gasteiger partial charge on any atom is 0.203 e. The highest BCUT2D eigenvalue weighted by atomic mass is 16.5. The van der Waals surface area contributed by atoms with E-state index in [0.717, 1.165) is 43.9 Å². The molecule has 1 aromatic carbocycles. The normalized spacial score (nSPS) is 10.4. The summed E-state index contributed by atoms with van der Waals surface area (Å²) in [6.07, 6.45) is 1.16. The van der Waals surface area contributed by atoms with Crippen molar-refractivity contribution < 1.29 is 14.2 Å². The molecule has 114 valence electrons. The van der Waals surface area contributed by atoms with Crippen LogP contribution in [0.4, 0.5) is 0 Å². The summed E-state index contributed by atoms with van der Waals surface area (Å²) >= 11 is 0. The minimum absolute atomic E-state index is 0.637. The summed E-state index contributed by atoms with van der Waals surface area (Å²) in [6, 6.07) is 3.89. The van der Waals surface area contributed by atoms with Gasteiger partial charge in [-0.3, -0.25) is 0 Å². The van der Waals surface area contributed by atoms with Crippen molar-refractivity contribution in [1.29, 1.82) is 0 Å². The van der Waals surface area contributed by atoms with Crippen LogP contribution in [0.25, 0.3) is 0 Å². The molecule has 2 N–H and O–H groups in total. The van der Waals surface area contributed by atoms with Crippen molar-refractivity contribution >= 4 is 0 Å². The fourth-order valence-electron chi connectivity index (χ4n) is 2.00. The standard InChI is InChI=1S/C15H26N2O3/c1-5-8-16-9-10-17-11-12-6-7-13(18-2)15(20-4)14(12)19-3/h6-7,16-17H,5,8-11H2,1-4H3. The molecule has 20 heavy (non-hydrogen) atoms. The van der Waals surface area contributed by atoms with Crippen molar-refractivity contribution in [3.8, 4) is 17.2 Å². The quantitative estimate of drug-likeness (QED) is 0.641. The highest BCUT2D eigenvalue weighted by Crippen LogP contribution is 2.39. The number of benzene rings is 1. The minimum atomic E-state index is 0.637. The number of hydrogen-bond acceptors (Lipinski definition) is 5. The van der Waals surface area contributed by atoms with Gasteiger partial charge < -0.3 is 24.8 Å². The van der Waals surface area contributed by atoms with Crippen LogP contribution in [0.5, 0.6) is 17.2 Å². The molecule has 5 nitrogen and oxygen atoms in total. The SMILES string of the molecule is CCCNCCNCc1ccc(OC)c(OC)c1OC. The van der Waals surface area contributed by atoms with E-state index in [1.807, 2.05) is 12.1 Å². The molecule has 0 amide bonds. The molecule has 0 unspecified atom stereocenters. The van der Waals surface area contributed by atoms with E-state index < -0.39 is 0 Å². The molecule has 0 aliphatic heterocycles. The van der Waals surface area contributed by atoms with Gasteiger partial charge in [0.2, 0.25) is 5.75 Å². The molecule has 0 aliphatic rings. The predicted octanol–water partition coefficient (Wildman–Crippen LogP) is 1.80. The predicted molar refractivity (Wildman–Crippen MR) is 81.0 cm³/mol. The maximum atomic E-state index is 5.44. The largest absolute Gasteiger partial charge is 0.493 e. The topological polar surface area (TPSA) is 51.8 Å². The third kappa shape index (κ3) is 4.58. The molecule has 0 saturated carbocycles. The summed E-state index contributed by atoms with van der Waals surface area (Å²) < 4.78 is 16.1. The van der Waals surface area contributed by atoms with Crippen molar-refractivity contribution in [2.45, 2.75) is 19.9 Å². The van der Waals surface area contributed by atoms with Crippen LogP contribution in [0.2, 0.25) is 0 Å². The Kier molecular flexibility index (Phi) is 7.84. The average molecular weight is 282 g/mol. The van der Waals surface area contributed by atoms with Crippen molar-refractivity contribution in [3.05, 3.63) is 17.7 Å². The molecule has 0 aliphatic carbocycles. The second-order valence-electron chi connectivity index (χ2n) is 4.42. The van der Waals surface area contributed by atoms with Crippen LogP contribution in [0.1, 0.15) is 18.9 Å². The van der Waals surface area contributed by atoms with Crippen molar-refractivity contribution in [1.82, 2.24) is 10.6 Å². The fourth-order valence-corrected chi connectivity index (χ4v) is 2.00. The molecule has 0 saturated heterocycles. The lowest BCUT2D eigenvalue weighted by molar-refractivity contribution is 0.321. The molecular formula is C15H26N2O3. The summed E-state index contributed by atoms with van der Waals surface area (Å²) in [7, 11) is 4.88. The van der Waals surface area contributed by atoms with Crippen LogP contribution < -0.4 is 24.8 Å². The number of rotatable bonds is 10. The van der Waals surface area contributed by atoms with Gasteiger partial charge in [-0.05, 0) is 19.0 Å². The van der Waals surface area contributed by atoms with Crippen LogP contribution in [0.15, 0.2) is 12.1 Å². The molecule has 0 aromatic heterocycles. The first-order chi connectivity index (χ1) is 9.78. The zero-order valence-corrected chi connectivity index (χ0v) is 12.9. The van der Waals surface area contributed by atoms with Crippen molar-refractivity contribution in [3.63, 3.8) is 0 Å². The molecule has 0 heterocycles. The Morgan fingerprint density at radius 3 is 2.15 bits per heavy atom. The average Bonchev–Trinajstić information content (AvgIpc) is 2.49. The highest BCUT2D eigenvalue weighted by molar-refractivity contribution is 5.55. The Hall–Kier alpha value is -1.46. The van der Waals surface area contributed by atoms with Gasteiger partial charge in [-0.2, -0.15) is 0 Å². The Bertz CT molecular complexity index is 397. The van der Waals surface area contributed by atoms with E-state index in [-0.39, 0.29) is 0 Å². The van der Waals surface area contributed by atoms with Crippen LogP contribution >= 0.6 is 0 Å². The Morgan fingerprint density at radius 2 is 1.55 bits per heavy atom. The van der Waals surface area contributed by atoms with Gasteiger partial charge in [-0.25, -0.2) is 0 Å². The minimum Gasteiger partial charge on any atom is -0.493 e. The van der Waals surface area contributed by atoms with Gasteiger partial charge in [0, 0.05) is 25.2 Å². The Morgan fingerprint density at radius 1 is 0.850 bits per heavy atom. The van der Waals surface area contributed by atoms with Gasteiger partial charge in [0.05, 0.1) is 21.3 Å². The molecule has 0 atom stereocenters. The smallest absolute Gasteiger partial charge is 0.203 e. The second-order valence-corrected chi connectivity index (χ2v) is 4.42. The molecular weight excluding hydrogens is 256 g/mol. The van der Waals surface area contributed by atoms with Gasteiger partial charge in [-0.15, -0.1) is 0 Å². The van der Waals surface area contributed by atoms with E-state index in [1.165, 1.54) is 0 Å². The summed E-state index contributed by atoms with van der Waals surface area (Å²) in [5, 5.41) is 6.74. The molecule has 0 fully saturated rings. The van der Waals surface area contributed by atoms with Crippen LogP contribution in [-0.2, 0) is 6.54 Å². The number of methoxy groups -OCH3 is 3. The summed E-state index contributed by atoms with van der Waals surface area (Å²) in [4.78, 5) is 0. The molecule has 0 bridgehead atoms. The van der Waals surface area contributed by atoms with Gasteiger partial charge >= 0.3 is 0 Å². The second kappa shape index (κ2) is 9.44. The van der Waals surface area contributed by atoms with Gasteiger partial charge in [-0.1, -0.05) is 13.0 Å². The Labute approximate surface area is 121 Å². The van der Waals surface area contributed by atoms with Crippen LogP contribution in [0, 0.1) is 0 Å². The van der Waals surface area contributed by atoms with E-state index in [0.29, 0.717) is 11.5 Å². The molecule has 1 aromatic rings. The van der Waals surface area contributed by atoms with E-state index in [9.17, 15) is 0 Å². The number of ether oxygens (including phenoxy) is 3. The molecule has 5 heteroatoms. The first kappa shape index (κ1) is 16.6. The third-order valence-electron chi connectivity index (χ3n) is 3.01. The summed E-state index contributed by atoms with van der Waals surface area (Å²) in [5.41, 5.74) is 1.06. The number of nitrogens with one attached hydrogen (secondary N) is 2. The zero-order chi connectivity index (χ0) is 14.8. The van der Waals surface area contributed by atoms with Gasteiger partial charge in [0.25, 0.3) is 0 Å². The van der Waals surface area contributed by atoms with Crippen molar-refractivity contribution in [2.75, 3.05) is 41.0 Å². The lowest BCUT2D eigenvalue weighted by Gasteiger charge is -2.16. The maximum absolute atomic E-state index is 5.44. The van der Waals surface area contributed by atoms with Gasteiger partial charge in [0.1, 0.15) is 0 Å².